The number of pyridine rings is 1. The molecule has 0 aliphatic carbocycles. The standard InChI is InChI=1S/C25H34N2O5S/c1-25(2,3)23-12-16-11-22(32-10-8-6-7-9-26-33-5)21(31-4)13-17(16)19-14-20(28)18(24(29)30)15-27(19)23/h11,13-15,23,26H,6-10,12H2,1-5H3,(H,29,30). The molecule has 0 radical (unpaired) electrons. The number of nitrogens with zero attached hydrogens (tertiary/aromatic N) is 1. The molecule has 0 fully saturated rings. The zero-order valence-corrected chi connectivity index (χ0v) is 20.9. The number of aromatic carboxylic acids is 1. The average molecular weight is 475 g/mol. The summed E-state index contributed by atoms with van der Waals surface area (Å²) in [6.07, 6.45) is 7.35. The van der Waals surface area contributed by atoms with Gasteiger partial charge < -0.3 is 19.1 Å². The predicted molar refractivity (Wildman–Crippen MR) is 133 cm³/mol. The highest BCUT2D eigenvalue weighted by Gasteiger charge is 2.34. The summed E-state index contributed by atoms with van der Waals surface area (Å²) < 4.78 is 16.9. The molecule has 33 heavy (non-hydrogen) atoms. The number of methoxy groups -OCH3 is 1. The third kappa shape index (κ3) is 5.73. The molecule has 1 aliphatic rings. The summed E-state index contributed by atoms with van der Waals surface area (Å²) in [5.41, 5.74) is 1.79. The lowest BCUT2D eigenvalue weighted by atomic mass is 9.78. The van der Waals surface area contributed by atoms with E-state index in [-0.39, 0.29) is 17.0 Å². The van der Waals surface area contributed by atoms with Gasteiger partial charge in [-0.15, -0.1) is 0 Å². The van der Waals surface area contributed by atoms with E-state index in [2.05, 4.69) is 25.5 Å². The zero-order valence-electron chi connectivity index (χ0n) is 20.1. The number of carbonyl (C=O) groups is 1. The lowest BCUT2D eigenvalue weighted by molar-refractivity contribution is 0.0693. The summed E-state index contributed by atoms with van der Waals surface area (Å²) in [7, 11) is 1.60. The van der Waals surface area contributed by atoms with Gasteiger partial charge in [-0.25, -0.2) is 4.79 Å². The van der Waals surface area contributed by atoms with E-state index in [1.807, 2.05) is 23.0 Å². The number of carboxylic acids is 1. The lowest BCUT2D eigenvalue weighted by Crippen LogP contribution is -2.32. The maximum atomic E-state index is 12.5. The van der Waals surface area contributed by atoms with E-state index in [4.69, 9.17) is 9.47 Å². The van der Waals surface area contributed by atoms with Crippen LogP contribution in [0, 0.1) is 5.41 Å². The predicted octanol–water partition coefficient (Wildman–Crippen LogP) is 4.78. The summed E-state index contributed by atoms with van der Waals surface area (Å²) in [4.78, 5) is 24.1. The van der Waals surface area contributed by atoms with Gasteiger partial charge in [0, 0.05) is 30.4 Å². The molecule has 0 saturated heterocycles. The van der Waals surface area contributed by atoms with Crippen molar-refractivity contribution in [2.75, 3.05) is 26.5 Å². The van der Waals surface area contributed by atoms with Gasteiger partial charge in [0.1, 0.15) is 5.56 Å². The highest BCUT2D eigenvalue weighted by atomic mass is 32.2. The Morgan fingerprint density at radius 1 is 1.21 bits per heavy atom. The largest absolute Gasteiger partial charge is 0.493 e. The summed E-state index contributed by atoms with van der Waals surface area (Å²) in [6, 6.07) is 5.34. The van der Waals surface area contributed by atoms with Crippen LogP contribution in [0.25, 0.3) is 11.3 Å². The van der Waals surface area contributed by atoms with Crippen molar-refractivity contribution in [1.82, 2.24) is 9.29 Å². The molecule has 2 aromatic rings. The second-order valence-electron chi connectivity index (χ2n) is 9.40. The minimum Gasteiger partial charge on any atom is -0.493 e. The summed E-state index contributed by atoms with van der Waals surface area (Å²) >= 11 is 1.63. The molecule has 1 unspecified atom stereocenters. The topological polar surface area (TPSA) is 89.8 Å². The molecule has 0 amide bonds. The zero-order chi connectivity index (χ0) is 24.2. The smallest absolute Gasteiger partial charge is 0.341 e. The fraction of sp³-hybridized carbons (Fsp3) is 0.520. The Morgan fingerprint density at radius 3 is 2.61 bits per heavy atom. The van der Waals surface area contributed by atoms with Crippen molar-refractivity contribution in [3.05, 3.63) is 45.7 Å². The number of rotatable bonds is 10. The van der Waals surface area contributed by atoms with E-state index in [1.165, 1.54) is 12.3 Å². The molecule has 1 aliphatic heterocycles. The number of benzene rings is 1. The molecule has 7 nitrogen and oxygen atoms in total. The highest BCUT2D eigenvalue weighted by Crippen LogP contribution is 2.45. The first-order valence-electron chi connectivity index (χ1n) is 11.3. The molecule has 0 bridgehead atoms. The fourth-order valence-electron chi connectivity index (χ4n) is 4.26. The first kappa shape index (κ1) is 25.2. The number of hydrogen-bond acceptors (Lipinski definition) is 6. The van der Waals surface area contributed by atoms with Crippen molar-refractivity contribution < 1.29 is 19.4 Å². The first-order chi connectivity index (χ1) is 15.7. The van der Waals surface area contributed by atoms with Gasteiger partial charge in [-0.1, -0.05) is 32.7 Å². The monoisotopic (exact) mass is 474 g/mol. The number of carboxylic acid groups (broad SMARTS) is 1. The van der Waals surface area contributed by atoms with Gasteiger partial charge >= 0.3 is 5.97 Å². The van der Waals surface area contributed by atoms with Crippen molar-refractivity contribution in [3.63, 3.8) is 0 Å². The number of fused-ring (bicyclic) bond motifs is 3. The average Bonchev–Trinajstić information content (AvgIpc) is 2.76. The van der Waals surface area contributed by atoms with Crippen molar-refractivity contribution >= 4 is 17.9 Å². The Balaban J connectivity index is 1.94. The van der Waals surface area contributed by atoms with Gasteiger partial charge in [0.15, 0.2) is 16.9 Å². The molecule has 0 saturated carbocycles. The van der Waals surface area contributed by atoms with E-state index >= 15 is 0 Å². The molecular formula is C25H34N2O5S. The van der Waals surface area contributed by atoms with E-state index in [0.717, 1.165) is 36.9 Å². The summed E-state index contributed by atoms with van der Waals surface area (Å²) in [5, 5.41) is 9.48. The molecule has 8 heteroatoms. The van der Waals surface area contributed by atoms with Gasteiger partial charge in [-0.2, -0.15) is 0 Å². The minimum absolute atomic E-state index is 0.0103. The van der Waals surface area contributed by atoms with Gasteiger partial charge in [-0.05, 0) is 55.1 Å². The lowest BCUT2D eigenvalue weighted by Gasteiger charge is -2.39. The van der Waals surface area contributed by atoms with Crippen molar-refractivity contribution in [2.45, 2.75) is 52.5 Å². The molecule has 1 aromatic heterocycles. The third-order valence-corrected chi connectivity index (χ3v) is 6.54. The number of nitrogens with one attached hydrogen (secondary N) is 1. The van der Waals surface area contributed by atoms with Crippen LogP contribution < -0.4 is 19.6 Å². The van der Waals surface area contributed by atoms with Gasteiger partial charge in [0.05, 0.1) is 19.4 Å². The number of hydrogen-bond donors (Lipinski definition) is 2. The van der Waals surface area contributed by atoms with Crippen LogP contribution in [0.5, 0.6) is 11.5 Å². The molecule has 1 aromatic carbocycles. The quantitative estimate of drug-likeness (QED) is 0.378. The van der Waals surface area contributed by atoms with Crippen LogP contribution in [-0.4, -0.2) is 42.2 Å². The Morgan fingerprint density at radius 2 is 1.97 bits per heavy atom. The fourth-order valence-corrected chi connectivity index (χ4v) is 4.60. The third-order valence-electron chi connectivity index (χ3n) is 6.05. The van der Waals surface area contributed by atoms with Gasteiger partial charge in [0.25, 0.3) is 0 Å². The van der Waals surface area contributed by atoms with Gasteiger partial charge in [-0.3, -0.25) is 9.52 Å². The van der Waals surface area contributed by atoms with Crippen molar-refractivity contribution in [2.24, 2.45) is 5.41 Å². The molecule has 2 N–H and O–H groups in total. The number of unbranched alkanes of at least 4 members (excludes halogenated alkanes) is 2. The van der Waals surface area contributed by atoms with Crippen LogP contribution in [-0.2, 0) is 6.42 Å². The second-order valence-corrected chi connectivity index (χ2v) is 10.1. The molecule has 180 valence electrons. The van der Waals surface area contributed by atoms with Gasteiger partial charge in [0.2, 0.25) is 0 Å². The number of aromatic nitrogens is 1. The molecule has 1 atom stereocenters. The van der Waals surface area contributed by atoms with E-state index < -0.39 is 11.4 Å². The first-order valence-corrected chi connectivity index (χ1v) is 12.5. The van der Waals surface area contributed by atoms with E-state index in [0.29, 0.717) is 30.2 Å². The maximum absolute atomic E-state index is 12.5. The van der Waals surface area contributed by atoms with E-state index in [9.17, 15) is 14.7 Å². The second kappa shape index (κ2) is 10.7. The van der Waals surface area contributed by atoms with Crippen LogP contribution in [0.3, 0.4) is 0 Å². The molecule has 3 rings (SSSR count). The highest BCUT2D eigenvalue weighted by molar-refractivity contribution is 7.96. The van der Waals surface area contributed by atoms with Crippen molar-refractivity contribution in [3.8, 4) is 22.8 Å². The molecule has 0 spiro atoms. The van der Waals surface area contributed by atoms with Crippen LogP contribution in [0.15, 0.2) is 29.2 Å². The number of ether oxygens (including phenoxy) is 2. The summed E-state index contributed by atoms with van der Waals surface area (Å²) in [6.45, 7) is 7.96. The Bertz CT molecular complexity index is 1060. The van der Waals surface area contributed by atoms with E-state index in [1.54, 1.807) is 19.1 Å². The van der Waals surface area contributed by atoms with Crippen LogP contribution in [0.1, 0.15) is 62.0 Å². The Kier molecular flexibility index (Phi) is 8.13. The van der Waals surface area contributed by atoms with Crippen molar-refractivity contribution in [1.29, 1.82) is 0 Å². The molecular weight excluding hydrogens is 440 g/mol. The maximum Gasteiger partial charge on any atom is 0.341 e. The van der Waals surface area contributed by atoms with Crippen LogP contribution in [0.2, 0.25) is 0 Å². The van der Waals surface area contributed by atoms with Crippen LogP contribution >= 0.6 is 11.9 Å². The Hall–Kier alpha value is -2.45. The summed E-state index contributed by atoms with van der Waals surface area (Å²) in [5.74, 6) is 0.0942. The minimum atomic E-state index is -1.21. The normalized spacial score (nSPS) is 15.0. The Labute approximate surface area is 199 Å². The molecule has 2 heterocycles. The SMILES string of the molecule is COc1cc2c(cc1OCCCCCNSC)CC(C(C)(C)C)n1cc(C(=O)O)c(=O)cc1-2. The van der Waals surface area contributed by atoms with Crippen LogP contribution in [0.4, 0.5) is 0 Å².